The van der Waals surface area contributed by atoms with Crippen molar-refractivity contribution in [1.29, 1.82) is 0 Å². The Kier molecular flexibility index (Phi) is 5.03. The van der Waals surface area contributed by atoms with Crippen LogP contribution in [-0.4, -0.2) is 32.1 Å². The molecule has 0 aromatic heterocycles. The number of aryl methyl sites for hydroxylation is 1. The van der Waals surface area contributed by atoms with Gasteiger partial charge < -0.3 is 9.64 Å². The highest BCUT2D eigenvalue weighted by Gasteiger charge is 2.09. The first-order chi connectivity index (χ1) is 7.52. The maximum absolute atomic E-state index is 13.4. The summed E-state index contributed by atoms with van der Waals surface area (Å²) in [5.41, 5.74) is 0.533. The summed E-state index contributed by atoms with van der Waals surface area (Å²) in [5, 5.41) is 0.0739. The van der Waals surface area contributed by atoms with E-state index in [0.717, 1.165) is 13.0 Å². The third kappa shape index (κ3) is 3.65. The van der Waals surface area contributed by atoms with Crippen molar-refractivity contribution in [2.75, 3.05) is 27.2 Å². The predicted octanol–water partition coefficient (Wildman–Crippen LogP) is 3.12. The van der Waals surface area contributed by atoms with Crippen LogP contribution in [0.4, 0.5) is 4.39 Å². The van der Waals surface area contributed by atoms with E-state index in [4.69, 9.17) is 16.3 Å². The molecule has 90 valence electrons. The monoisotopic (exact) mass is 245 g/mol. The number of halogens is 2. The lowest BCUT2D eigenvalue weighted by Crippen LogP contribution is -2.15. The van der Waals surface area contributed by atoms with E-state index in [2.05, 4.69) is 4.90 Å². The van der Waals surface area contributed by atoms with Crippen molar-refractivity contribution in [3.8, 4) is 5.75 Å². The van der Waals surface area contributed by atoms with Crippen LogP contribution in [0.5, 0.6) is 5.75 Å². The second-order valence-corrected chi connectivity index (χ2v) is 4.39. The molecule has 16 heavy (non-hydrogen) atoms. The molecule has 0 radical (unpaired) electrons. The van der Waals surface area contributed by atoms with E-state index in [1.807, 2.05) is 14.1 Å². The molecule has 0 saturated heterocycles. The minimum atomic E-state index is -0.397. The van der Waals surface area contributed by atoms with Crippen LogP contribution >= 0.6 is 11.6 Å². The van der Waals surface area contributed by atoms with Crippen LogP contribution in [0.15, 0.2) is 12.1 Å². The normalized spacial score (nSPS) is 10.9. The van der Waals surface area contributed by atoms with E-state index in [1.165, 1.54) is 0 Å². The average Bonchev–Trinajstić information content (AvgIpc) is 2.23. The molecule has 0 aliphatic rings. The van der Waals surface area contributed by atoms with Gasteiger partial charge in [0.05, 0.1) is 6.61 Å². The highest BCUT2D eigenvalue weighted by molar-refractivity contribution is 6.32. The summed E-state index contributed by atoms with van der Waals surface area (Å²) in [7, 11) is 4.00. The van der Waals surface area contributed by atoms with Crippen LogP contribution in [-0.2, 0) is 0 Å². The van der Waals surface area contributed by atoms with E-state index in [9.17, 15) is 4.39 Å². The summed E-state index contributed by atoms with van der Waals surface area (Å²) in [6.45, 7) is 3.16. The molecule has 4 heteroatoms. The smallest absolute Gasteiger partial charge is 0.148 e. The SMILES string of the molecule is Cc1ccc(OCCCN(C)C)c(Cl)c1F. The topological polar surface area (TPSA) is 12.5 Å². The molecule has 0 fully saturated rings. The summed E-state index contributed by atoms with van der Waals surface area (Å²) in [4.78, 5) is 2.07. The van der Waals surface area contributed by atoms with Crippen LogP contribution in [0.25, 0.3) is 0 Å². The number of ether oxygens (including phenoxy) is 1. The Morgan fingerprint density at radius 3 is 2.69 bits per heavy atom. The van der Waals surface area contributed by atoms with Crippen molar-refractivity contribution in [2.24, 2.45) is 0 Å². The Labute approximate surface area is 101 Å². The quantitative estimate of drug-likeness (QED) is 0.739. The van der Waals surface area contributed by atoms with E-state index in [1.54, 1.807) is 19.1 Å². The van der Waals surface area contributed by atoms with Gasteiger partial charge in [0.25, 0.3) is 0 Å². The van der Waals surface area contributed by atoms with E-state index < -0.39 is 5.82 Å². The molecular weight excluding hydrogens is 229 g/mol. The number of nitrogens with zero attached hydrogens (tertiary/aromatic N) is 1. The second kappa shape index (κ2) is 6.06. The third-order valence-electron chi connectivity index (χ3n) is 2.25. The first-order valence-corrected chi connectivity index (χ1v) is 5.62. The van der Waals surface area contributed by atoms with Crippen LogP contribution < -0.4 is 4.74 Å². The zero-order chi connectivity index (χ0) is 12.1. The molecule has 0 atom stereocenters. The fraction of sp³-hybridized carbons (Fsp3) is 0.500. The molecule has 0 aliphatic heterocycles. The number of hydrogen-bond acceptors (Lipinski definition) is 2. The Morgan fingerprint density at radius 1 is 1.38 bits per heavy atom. The van der Waals surface area contributed by atoms with Crippen molar-refractivity contribution in [3.63, 3.8) is 0 Å². The van der Waals surface area contributed by atoms with Gasteiger partial charge in [0, 0.05) is 6.54 Å². The van der Waals surface area contributed by atoms with Crippen LogP contribution in [0, 0.1) is 12.7 Å². The summed E-state index contributed by atoms with van der Waals surface area (Å²) in [6, 6.07) is 3.37. The average molecular weight is 246 g/mol. The van der Waals surface area contributed by atoms with E-state index in [-0.39, 0.29) is 5.02 Å². The Balaban J connectivity index is 2.52. The maximum Gasteiger partial charge on any atom is 0.148 e. The van der Waals surface area contributed by atoms with Gasteiger partial charge in [0.1, 0.15) is 16.6 Å². The van der Waals surface area contributed by atoms with Gasteiger partial charge in [-0.1, -0.05) is 17.7 Å². The van der Waals surface area contributed by atoms with Crippen LogP contribution in [0.2, 0.25) is 5.02 Å². The standard InChI is InChI=1S/C12H17ClFNO/c1-9-5-6-10(11(13)12(9)14)16-8-4-7-15(2)3/h5-6H,4,7-8H2,1-3H3. The Hall–Kier alpha value is -0.800. The summed E-state index contributed by atoms with van der Waals surface area (Å²) >= 11 is 5.83. The second-order valence-electron chi connectivity index (χ2n) is 4.01. The van der Waals surface area contributed by atoms with Crippen LogP contribution in [0.3, 0.4) is 0 Å². The highest BCUT2D eigenvalue weighted by Crippen LogP contribution is 2.29. The number of hydrogen-bond donors (Lipinski definition) is 0. The largest absolute Gasteiger partial charge is 0.492 e. The maximum atomic E-state index is 13.4. The fourth-order valence-electron chi connectivity index (χ4n) is 1.30. The molecule has 0 unspecified atom stereocenters. The van der Waals surface area contributed by atoms with Gasteiger partial charge in [-0.05, 0) is 39.1 Å². The fourth-order valence-corrected chi connectivity index (χ4v) is 1.57. The van der Waals surface area contributed by atoms with Gasteiger partial charge in [0.15, 0.2) is 0 Å². The number of benzene rings is 1. The van der Waals surface area contributed by atoms with Gasteiger partial charge in [-0.2, -0.15) is 0 Å². The van der Waals surface area contributed by atoms with Crippen molar-refractivity contribution < 1.29 is 9.13 Å². The van der Waals surface area contributed by atoms with Crippen molar-refractivity contribution in [1.82, 2.24) is 4.90 Å². The predicted molar refractivity (Wildman–Crippen MR) is 64.8 cm³/mol. The molecule has 0 N–H and O–H groups in total. The highest BCUT2D eigenvalue weighted by atomic mass is 35.5. The van der Waals surface area contributed by atoms with Gasteiger partial charge in [0.2, 0.25) is 0 Å². The summed E-state index contributed by atoms with van der Waals surface area (Å²) in [6.07, 6.45) is 0.888. The lowest BCUT2D eigenvalue weighted by Gasteiger charge is -2.12. The van der Waals surface area contributed by atoms with E-state index in [0.29, 0.717) is 17.9 Å². The molecular formula is C12H17ClFNO. The molecule has 2 nitrogen and oxygen atoms in total. The molecule has 1 aromatic rings. The first kappa shape index (κ1) is 13.3. The van der Waals surface area contributed by atoms with Gasteiger partial charge in [-0.15, -0.1) is 0 Å². The van der Waals surface area contributed by atoms with Gasteiger partial charge >= 0.3 is 0 Å². The molecule has 0 amide bonds. The molecule has 0 saturated carbocycles. The Bertz CT molecular complexity index is 355. The number of rotatable bonds is 5. The minimum Gasteiger partial charge on any atom is -0.492 e. The van der Waals surface area contributed by atoms with Gasteiger partial charge in [-0.3, -0.25) is 0 Å². The molecule has 0 heterocycles. The van der Waals surface area contributed by atoms with Gasteiger partial charge in [-0.25, -0.2) is 4.39 Å². The molecule has 0 spiro atoms. The summed E-state index contributed by atoms with van der Waals surface area (Å²) in [5.74, 6) is 0.0234. The summed E-state index contributed by atoms with van der Waals surface area (Å²) < 4.78 is 18.8. The lowest BCUT2D eigenvalue weighted by atomic mass is 10.2. The Morgan fingerprint density at radius 2 is 2.06 bits per heavy atom. The third-order valence-corrected chi connectivity index (χ3v) is 2.60. The van der Waals surface area contributed by atoms with Crippen molar-refractivity contribution >= 4 is 11.6 Å². The zero-order valence-corrected chi connectivity index (χ0v) is 10.6. The molecule has 1 rings (SSSR count). The first-order valence-electron chi connectivity index (χ1n) is 5.24. The molecule has 0 aliphatic carbocycles. The molecule has 0 bridgehead atoms. The molecule has 1 aromatic carbocycles. The van der Waals surface area contributed by atoms with Crippen molar-refractivity contribution in [3.05, 3.63) is 28.5 Å². The minimum absolute atomic E-state index is 0.0739. The van der Waals surface area contributed by atoms with Crippen LogP contribution in [0.1, 0.15) is 12.0 Å². The van der Waals surface area contributed by atoms with E-state index >= 15 is 0 Å². The zero-order valence-electron chi connectivity index (χ0n) is 9.89. The van der Waals surface area contributed by atoms with Crippen molar-refractivity contribution in [2.45, 2.75) is 13.3 Å². The lowest BCUT2D eigenvalue weighted by molar-refractivity contribution is 0.280.